The summed E-state index contributed by atoms with van der Waals surface area (Å²) in [5, 5.41) is 4.51. The van der Waals surface area contributed by atoms with E-state index in [1.165, 1.54) is 0 Å². The lowest BCUT2D eigenvalue weighted by Crippen LogP contribution is -2.44. The van der Waals surface area contributed by atoms with Crippen molar-refractivity contribution < 1.29 is 9.53 Å². The van der Waals surface area contributed by atoms with Gasteiger partial charge in [0, 0.05) is 44.0 Å². The first-order valence-electron chi connectivity index (χ1n) is 10.3. The summed E-state index contributed by atoms with van der Waals surface area (Å²) >= 11 is 0. The van der Waals surface area contributed by atoms with E-state index in [4.69, 9.17) is 4.74 Å². The Morgan fingerprint density at radius 3 is 2.36 bits per heavy atom. The third kappa shape index (κ3) is 4.28. The molecule has 2 aromatic rings. The fraction of sp³-hybridized carbons (Fsp3) is 0.545. The van der Waals surface area contributed by atoms with E-state index in [0.717, 1.165) is 81.4 Å². The SMILES string of the molecule is Cc1cc(C)n(-c2ccc(C(=O)N3CCC(CN4CCOCC4)CC3)cc2)n1. The molecule has 2 aliphatic rings. The number of hydrogen-bond donors (Lipinski definition) is 0. The van der Waals surface area contributed by atoms with Crippen molar-refractivity contribution >= 4 is 5.91 Å². The van der Waals surface area contributed by atoms with Crippen molar-refractivity contribution in [2.24, 2.45) is 5.92 Å². The summed E-state index contributed by atoms with van der Waals surface area (Å²) < 4.78 is 7.35. The number of ether oxygens (including phenoxy) is 1. The lowest BCUT2D eigenvalue weighted by atomic mass is 9.95. The number of amides is 1. The highest BCUT2D eigenvalue weighted by Gasteiger charge is 2.25. The Morgan fingerprint density at radius 2 is 1.75 bits per heavy atom. The van der Waals surface area contributed by atoms with Gasteiger partial charge in [-0.25, -0.2) is 4.68 Å². The molecule has 0 saturated carbocycles. The fourth-order valence-electron chi connectivity index (χ4n) is 4.29. The maximum Gasteiger partial charge on any atom is 0.253 e. The van der Waals surface area contributed by atoms with Crippen LogP contribution in [0.5, 0.6) is 0 Å². The Balaban J connectivity index is 1.33. The Hall–Kier alpha value is -2.18. The lowest BCUT2D eigenvalue weighted by Gasteiger charge is -2.36. The van der Waals surface area contributed by atoms with Crippen molar-refractivity contribution in [1.82, 2.24) is 19.6 Å². The molecule has 0 radical (unpaired) electrons. The summed E-state index contributed by atoms with van der Waals surface area (Å²) in [7, 11) is 0. The summed E-state index contributed by atoms with van der Waals surface area (Å²) in [5.74, 6) is 0.834. The Bertz CT molecular complexity index is 800. The molecular weight excluding hydrogens is 352 g/mol. The van der Waals surface area contributed by atoms with Gasteiger partial charge in [0.05, 0.1) is 24.6 Å². The minimum absolute atomic E-state index is 0.143. The second-order valence-electron chi connectivity index (χ2n) is 8.03. The number of aromatic nitrogens is 2. The molecule has 6 nitrogen and oxygen atoms in total. The predicted molar refractivity (Wildman–Crippen MR) is 109 cm³/mol. The number of nitrogens with zero attached hydrogens (tertiary/aromatic N) is 4. The lowest BCUT2D eigenvalue weighted by molar-refractivity contribution is 0.0243. The summed E-state index contributed by atoms with van der Waals surface area (Å²) in [6, 6.07) is 9.87. The minimum Gasteiger partial charge on any atom is -0.379 e. The van der Waals surface area contributed by atoms with Gasteiger partial charge in [-0.1, -0.05) is 0 Å². The van der Waals surface area contributed by atoms with Crippen LogP contribution in [0.15, 0.2) is 30.3 Å². The van der Waals surface area contributed by atoms with Gasteiger partial charge in [-0.05, 0) is 62.9 Å². The summed E-state index contributed by atoms with van der Waals surface area (Å²) in [6.45, 7) is 10.7. The van der Waals surface area contributed by atoms with E-state index in [-0.39, 0.29) is 5.91 Å². The molecule has 1 aromatic heterocycles. The van der Waals surface area contributed by atoms with E-state index in [1.807, 2.05) is 47.7 Å². The van der Waals surface area contributed by atoms with Crippen LogP contribution in [-0.2, 0) is 4.74 Å². The number of hydrogen-bond acceptors (Lipinski definition) is 4. The van der Waals surface area contributed by atoms with E-state index in [1.54, 1.807) is 0 Å². The molecule has 3 heterocycles. The van der Waals surface area contributed by atoms with Gasteiger partial charge < -0.3 is 9.64 Å². The number of aryl methyl sites for hydroxylation is 2. The molecule has 1 aromatic carbocycles. The van der Waals surface area contributed by atoms with E-state index in [9.17, 15) is 4.79 Å². The van der Waals surface area contributed by atoms with Crippen LogP contribution in [0.3, 0.4) is 0 Å². The Kier molecular flexibility index (Phi) is 5.78. The number of carbonyl (C=O) groups is 1. The van der Waals surface area contributed by atoms with Gasteiger partial charge in [0.15, 0.2) is 0 Å². The monoisotopic (exact) mass is 382 g/mol. The van der Waals surface area contributed by atoms with E-state index in [2.05, 4.69) is 16.1 Å². The summed E-state index contributed by atoms with van der Waals surface area (Å²) in [5.41, 5.74) is 3.85. The highest BCUT2D eigenvalue weighted by Crippen LogP contribution is 2.21. The molecule has 4 rings (SSSR count). The van der Waals surface area contributed by atoms with Gasteiger partial charge in [0.1, 0.15) is 0 Å². The molecule has 1 amide bonds. The molecule has 2 aliphatic heterocycles. The number of piperidine rings is 1. The highest BCUT2D eigenvalue weighted by molar-refractivity contribution is 5.94. The Morgan fingerprint density at radius 1 is 1.07 bits per heavy atom. The van der Waals surface area contributed by atoms with Crippen LogP contribution in [0.4, 0.5) is 0 Å². The second kappa shape index (κ2) is 8.45. The first-order valence-corrected chi connectivity index (χ1v) is 10.3. The largest absolute Gasteiger partial charge is 0.379 e. The Labute approximate surface area is 167 Å². The van der Waals surface area contributed by atoms with E-state index < -0.39 is 0 Å². The highest BCUT2D eigenvalue weighted by atomic mass is 16.5. The van der Waals surface area contributed by atoms with Crippen molar-refractivity contribution in [3.8, 4) is 5.69 Å². The van der Waals surface area contributed by atoms with Crippen LogP contribution < -0.4 is 0 Å². The molecular formula is C22H30N4O2. The van der Waals surface area contributed by atoms with Crippen LogP contribution in [0, 0.1) is 19.8 Å². The first kappa shape index (κ1) is 19.2. The number of likely N-dealkylation sites (tertiary alicyclic amines) is 1. The van der Waals surface area contributed by atoms with Crippen LogP contribution >= 0.6 is 0 Å². The number of rotatable bonds is 4. The third-order valence-electron chi connectivity index (χ3n) is 5.89. The average molecular weight is 383 g/mol. The fourth-order valence-corrected chi connectivity index (χ4v) is 4.29. The normalized spacial score (nSPS) is 19.1. The van der Waals surface area contributed by atoms with Crippen LogP contribution in [0.2, 0.25) is 0 Å². The standard InChI is InChI=1S/C22H30N4O2/c1-17-15-18(2)26(23-17)21-5-3-20(4-6-21)22(27)25-9-7-19(8-10-25)16-24-11-13-28-14-12-24/h3-6,15,19H,7-14,16H2,1-2H3. The molecule has 0 unspecified atom stereocenters. The van der Waals surface area contributed by atoms with Gasteiger partial charge in [0.2, 0.25) is 0 Å². The predicted octanol–water partition coefficient (Wildman–Crippen LogP) is 2.67. The maximum atomic E-state index is 12.9. The van der Waals surface area contributed by atoms with Gasteiger partial charge >= 0.3 is 0 Å². The molecule has 2 fully saturated rings. The molecule has 6 heteroatoms. The molecule has 28 heavy (non-hydrogen) atoms. The van der Waals surface area contributed by atoms with E-state index >= 15 is 0 Å². The maximum absolute atomic E-state index is 12.9. The van der Waals surface area contributed by atoms with Crippen molar-refractivity contribution in [1.29, 1.82) is 0 Å². The smallest absolute Gasteiger partial charge is 0.253 e. The zero-order valence-electron chi connectivity index (χ0n) is 16.9. The van der Waals surface area contributed by atoms with Gasteiger partial charge in [0.25, 0.3) is 5.91 Å². The quantitative estimate of drug-likeness (QED) is 0.816. The molecule has 0 bridgehead atoms. The van der Waals surface area contributed by atoms with Gasteiger partial charge in [-0.2, -0.15) is 5.10 Å². The molecule has 0 atom stereocenters. The minimum atomic E-state index is 0.143. The molecule has 2 saturated heterocycles. The van der Waals surface area contributed by atoms with Crippen molar-refractivity contribution in [2.75, 3.05) is 45.9 Å². The van der Waals surface area contributed by atoms with Crippen molar-refractivity contribution in [3.05, 3.63) is 47.3 Å². The first-order chi connectivity index (χ1) is 13.6. The molecule has 0 spiro atoms. The molecule has 0 aliphatic carbocycles. The topological polar surface area (TPSA) is 50.6 Å². The van der Waals surface area contributed by atoms with Gasteiger partial charge in [-0.15, -0.1) is 0 Å². The zero-order chi connectivity index (χ0) is 19.5. The summed E-state index contributed by atoms with van der Waals surface area (Å²) in [4.78, 5) is 17.4. The average Bonchev–Trinajstić information content (AvgIpc) is 3.07. The molecule has 0 N–H and O–H groups in total. The second-order valence-corrected chi connectivity index (χ2v) is 8.03. The third-order valence-corrected chi connectivity index (χ3v) is 5.89. The summed E-state index contributed by atoms with van der Waals surface area (Å²) in [6.07, 6.45) is 2.18. The van der Waals surface area contributed by atoms with Crippen LogP contribution in [0.1, 0.15) is 34.6 Å². The number of carbonyl (C=O) groups excluding carboxylic acids is 1. The number of benzene rings is 1. The van der Waals surface area contributed by atoms with Gasteiger partial charge in [-0.3, -0.25) is 9.69 Å². The molecule has 150 valence electrons. The van der Waals surface area contributed by atoms with Crippen molar-refractivity contribution in [3.63, 3.8) is 0 Å². The van der Waals surface area contributed by atoms with Crippen LogP contribution in [0.25, 0.3) is 5.69 Å². The van der Waals surface area contributed by atoms with Crippen molar-refractivity contribution in [2.45, 2.75) is 26.7 Å². The van der Waals surface area contributed by atoms with E-state index in [0.29, 0.717) is 5.92 Å². The zero-order valence-corrected chi connectivity index (χ0v) is 16.9. The van der Waals surface area contributed by atoms with Crippen LogP contribution in [-0.4, -0.2) is 71.4 Å². The number of morpholine rings is 1.